The molecule has 2 amide bonds. The van der Waals surface area contributed by atoms with Gasteiger partial charge in [0.1, 0.15) is 0 Å². The van der Waals surface area contributed by atoms with Crippen molar-refractivity contribution in [2.75, 3.05) is 25.6 Å². The molecule has 2 N–H and O–H groups in total. The molecule has 0 saturated heterocycles. The number of urea groups is 1. The summed E-state index contributed by atoms with van der Waals surface area (Å²) in [6, 6.07) is -0.266. The van der Waals surface area contributed by atoms with E-state index in [1.165, 1.54) is 4.90 Å². The third kappa shape index (κ3) is 8.98. The van der Waals surface area contributed by atoms with Gasteiger partial charge in [0.2, 0.25) is 0 Å². The van der Waals surface area contributed by atoms with E-state index in [-0.39, 0.29) is 18.5 Å². The molecule has 2 atom stereocenters. The van der Waals surface area contributed by atoms with Crippen LogP contribution in [0.15, 0.2) is 0 Å². The molecular formula is C11H22N2O4S. The van der Waals surface area contributed by atoms with E-state index in [9.17, 15) is 13.8 Å². The molecule has 0 aromatic heterocycles. The van der Waals surface area contributed by atoms with Gasteiger partial charge in [-0.15, -0.1) is 0 Å². The number of nitrogens with zero attached hydrogens (tertiary/aromatic N) is 1. The topological polar surface area (TPSA) is 86.7 Å². The quantitative estimate of drug-likeness (QED) is 0.682. The smallest absolute Gasteiger partial charge is 0.317 e. The molecule has 0 aliphatic heterocycles. The van der Waals surface area contributed by atoms with E-state index < -0.39 is 16.8 Å². The van der Waals surface area contributed by atoms with Crippen molar-refractivity contribution >= 4 is 22.8 Å². The van der Waals surface area contributed by atoms with E-state index in [0.29, 0.717) is 25.1 Å². The number of carboxylic acids is 1. The van der Waals surface area contributed by atoms with Crippen LogP contribution >= 0.6 is 0 Å². The first-order valence-corrected chi connectivity index (χ1v) is 7.59. The minimum absolute atomic E-state index is 0.0386. The van der Waals surface area contributed by atoms with Crippen LogP contribution in [0.2, 0.25) is 0 Å². The number of hydrogen-bond acceptors (Lipinski definition) is 3. The van der Waals surface area contributed by atoms with Gasteiger partial charge in [0.05, 0.1) is 0 Å². The lowest BCUT2D eigenvalue weighted by molar-refractivity contribution is -0.137. The molecule has 0 aliphatic rings. The Morgan fingerprint density at radius 3 is 2.56 bits per heavy atom. The second-order valence-electron chi connectivity index (χ2n) is 4.34. The molecule has 6 nitrogen and oxygen atoms in total. The summed E-state index contributed by atoms with van der Waals surface area (Å²) in [6.07, 6.45) is 2.79. The number of rotatable bonds is 8. The predicted molar refractivity (Wildman–Crippen MR) is 71.0 cm³/mol. The second kappa shape index (κ2) is 8.91. The van der Waals surface area contributed by atoms with E-state index in [0.717, 1.165) is 0 Å². The Balaban J connectivity index is 3.85. The third-order valence-corrected chi connectivity index (χ3v) is 3.25. The fraction of sp³-hybridized carbons (Fsp3) is 0.818. The number of carbonyl (C=O) groups is 2. The van der Waals surface area contributed by atoms with Gasteiger partial charge < -0.3 is 15.3 Å². The van der Waals surface area contributed by atoms with Crippen LogP contribution in [-0.2, 0) is 15.6 Å². The fourth-order valence-electron chi connectivity index (χ4n) is 1.30. The lowest BCUT2D eigenvalue weighted by Gasteiger charge is -2.20. The van der Waals surface area contributed by atoms with Crippen LogP contribution in [0.5, 0.6) is 0 Å². The average molecular weight is 278 g/mol. The molecule has 0 radical (unpaired) electrons. The predicted octanol–water partition coefficient (Wildman–Crippen LogP) is 0.650. The lowest BCUT2D eigenvalue weighted by Crippen LogP contribution is -2.42. The average Bonchev–Trinajstić information content (AvgIpc) is 2.25. The van der Waals surface area contributed by atoms with Crippen molar-refractivity contribution in [3.63, 3.8) is 0 Å². The van der Waals surface area contributed by atoms with Crippen LogP contribution in [-0.4, -0.2) is 57.9 Å². The summed E-state index contributed by atoms with van der Waals surface area (Å²) in [5, 5.41) is 11.3. The molecule has 0 bridgehead atoms. The van der Waals surface area contributed by atoms with Crippen LogP contribution in [0.1, 0.15) is 26.2 Å². The van der Waals surface area contributed by atoms with Crippen molar-refractivity contribution in [1.82, 2.24) is 10.2 Å². The minimum atomic E-state index is -0.859. The third-order valence-electron chi connectivity index (χ3n) is 2.44. The Morgan fingerprint density at radius 1 is 1.44 bits per heavy atom. The van der Waals surface area contributed by atoms with Crippen LogP contribution in [0.25, 0.3) is 0 Å². The van der Waals surface area contributed by atoms with Crippen molar-refractivity contribution in [2.24, 2.45) is 0 Å². The Hall–Kier alpha value is -1.11. The molecule has 0 heterocycles. The van der Waals surface area contributed by atoms with Gasteiger partial charge >= 0.3 is 12.0 Å². The van der Waals surface area contributed by atoms with Crippen molar-refractivity contribution < 1.29 is 18.9 Å². The number of carboxylic acid groups (broad SMARTS) is 1. The maximum Gasteiger partial charge on any atom is 0.317 e. The van der Waals surface area contributed by atoms with Crippen molar-refractivity contribution in [3.8, 4) is 0 Å². The fourth-order valence-corrected chi connectivity index (χ4v) is 1.99. The SMILES string of the molecule is CC(CCS(C)=O)NC(=O)N(C)CCCC(=O)O. The molecule has 0 fully saturated rings. The first-order valence-electron chi connectivity index (χ1n) is 5.86. The van der Waals surface area contributed by atoms with E-state index in [4.69, 9.17) is 5.11 Å². The van der Waals surface area contributed by atoms with Crippen molar-refractivity contribution in [2.45, 2.75) is 32.2 Å². The highest BCUT2D eigenvalue weighted by molar-refractivity contribution is 7.84. The molecule has 0 aromatic carbocycles. The largest absolute Gasteiger partial charge is 0.481 e. The van der Waals surface area contributed by atoms with Gasteiger partial charge in [-0.2, -0.15) is 0 Å². The highest BCUT2D eigenvalue weighted by atomic mass is 32.2. The zero-order chi connectivity index (χ0) is 14.1. The molecule has 18 heavy (non-hydrogen) atoms. The highest BCUT2D eigenvalue weighted by Crippen LogP contribution is 1.97. The van der Waals surface area contributed by atoms with Gasteiger partial charge in [-0.25, -0.2) is 4.79 Å². The second-order valence-corrected chi connectivity index (χ2v) is 5.89. The van der Waals surface area contributed by atoms with Gasteiger partial charge in [0, 0.05) is 48.9 Å². The van der Waals surface area contributed by atoms with E-state index >= 15 is 0 Å². The summed E-state index contributed by atoms with van der Waals surface area (Å²) in [6.45, 7) is 2.26. The molecule has 0 aromatic rings. The number of amides is 2. The lowest BCUT2D eigenvalue weighted by atomic mass is 10.2. The Labute approximate surface area is 110 Å². The standard InChI is InChI=1S/C11H22N2O4S/c1-9(6-8-18(3)17)12-11(16)13(2)7-4-5-10(14)15/h9H,4-8H2,1-3H3,(H,12,16)(H,14,15). The Bertz CT molecular complexity index is 309. The molecular weight excluding hydrogens is 256 g/mol. The number of aliphatic carboxylic acids is 1. The summed E-state index contributed by atoms with van der Waals surface area (Å²) in [7, 11) is 0.775. The molecule has 0 rings (SSSR count). The van der Waals surface area contributed by atoms with Gasteiger partial charge in [0.25, 0.3) is 0 Å². The summed E-state index contributed by atoms with van der Waals surface area (Å²) in [5.74, 6) is -0.299. The normalized spacial score (nSPS) is 13.7. The van der Waals surface area contributed by atoms with Gasteiger partial charge in [0.15, 0.2) is 0 Å². The summed E-state index contributed by atoms with van der Waals surface area (Å²) >= 11 is 0. The van der Waals surface area contributed by atoms with Crippen LogP contribution in [0.3, 0.4) is 0 Å². The van der Waals surface area contributed by atoms with Crippen LogP contribution in [0, 0.1) is 0 Å². The zero-order valence-electron chi connectivity index (χ0n) is 11.1. The molecule has 0 aliphatic carbocycles. The Kier molecular flexibility index (Phi) is 8.36. The maximum absolute atomic E-state index is 11.7. The van der Waals surface area contributed by atoms with E-state index in [1.807, 2.05) is 6.92 Å². The molecule has 7 heteroatoms. The molecule has 106 valence electrons. The number of hydrogen-bond donors (Lipinski definition) is 2. The van der Waals surface area contributed by atoms with Crippen LogP contribution < -0.4 is 5.32 Å². The van der Waals surface area contributed by atoms with Crippen molar-refractivity contribution in [3.05, 3.63) is 0 Å². The van der Waals surface area contributed by atoms with E-state index in [2.05, 4.69) is 5.32 Å². The monoisotopic (exact) mass is 278 g/mol. The maximum atomic E-state index is 11.7. The highest BCUT2D eigenvalue weighted by Gasteiger charge is 2.12. The number of nitrogens with one attached hydrogen (secondary N) is 1. The number of carbonyl (C=O) groups excluding carboxylic acids is 1. The van der Waals surface area contributed by atoms with Crippen molar-refractivity contribution in [1.29, 1.82) is 0 Å². The van der Waals surface area contributed by atoms with Gasteiger partial charge in [-0.3, -0.25) is 9.00 Å². The van der Waals surface area contributed by atoms with E-state index in [1.54, 1.807) is 13.3 Å². The summed E-state index contributed by atoms with van der Waals surface area (Å²) in [4.78, 5) is 23.5. The van der Waals surface area contributed by atoms with Gasteiger partial charge in [-0.05, 0) is 19.8 Å². The Morgan fingerprint density at radius 2 is 2.06 bits per heavy atom. The van der Waals surface area contributed by atoms with Gasteiger partial charge in [-0.1, -0.05) is 0 Å². The molecule has 0 saturated carbocycles. The first-order chi connectivity index (χ1) is 8.32. The zero-order valence-corrected chi connectivity index (χ0v) is 12.0. The summed E-state index contributed by atoms with van der Waals surface area (Å²) < 4.78 is 10.9. The first kappa shape index (κ1) is 16.9. The molecule has 0 spiro atoms. The summed E-state index contributed by atoms with van der Waals surface area (Å²) in [5.41, 5.74) is 0. The van der Waals surface area contributed by atoms with Crippen LogP contribution in [0.4, 0.5) is 4.79 Å². The molecule has 2 unspecified atom stereocenters. The minimum Gasteiger partial charge on any atom is -0.481 e.